The van der Waals surface area contributed by atoms with Gasteiger partial charge in [-0.1, -0.05) is 0 Å². The summed E-state index contributed by atoms with van der Waals surface area (Å²) >= 11 is 3.38. The third-order valence-electron chi connectivity index (χ3n) is 2.24. The van der Waals surface area contributed by atoms with E-state index >= 15 is 0 Å². The minimum atomic E-state index is 0.190. The van der Waals surface area contributed by atoms with Gasteiger partial charge in [-0.05, 0) is 46.3 Å². The van der Waals surface area contributed by atoms with Crippen LogP contribution in [0.2, 0.25) is 0 Å². The second kappa shape index (κ2) is 3.15. The second-order valence-corrected chi connectivity index (χ2v) is 4.22. The van der Waals surface area contributed by atoms with Gasteiger partial charge in [-0.3, -0.25) is 4.98 Å². The van der Waals surface area contributed by atoms with Crippen LogP contribution in [0.3, 0.4) is 0 Å². The van der Waals surface area contributed by atoms with Gasteiger partial charge in [-0.25, -0.2) is 0 Å². The third-order valence-corrected chi connectivity index (χ3v) is 2.67. The molecule has 0 aliphatic heterocycles. The molecule has 2 rings (SSSR count). The first kappa shape index (κ1) is 8.20. The molecule has 3 heteroatoms. The Hall–Kier alpha value is -0.410. The number of halogens is 1. The van der Waals surface area contributed by atoms with E-state index in [-0.39, 0.29) is 6.04 Å². The zero-order valence-electron chi connectivity index (χ0n) is 6.70. The van der Waals surface area contributed by atoms with Crippen LogP contribution in [-0.2, 0) is 0 Å². The van der Waals surface area contributed by atoms with Crippen LogP contribution in [0.15, 0.2) is 22.9 Å². The molecule has 0 amide bonds. The molecule has 1 saturated carbocycles. The molecule has 1 unspecified atom stereocenters. The van der Waals surface area contributed by atoms with Crippen molar-refractivity contribution in [2.75, 3.05) is 0 Å². The average Bonchev–Trinajstić information content (AvgIpc) is 2.85. The minimum absolute atomic E-state index is 0.190. The van der Waals surface area contributed by atoms with Gasteiger partial charge in [0.1, 0.15) is 0 Å². The Labute approximate surface area is 80.3 Å². The maximum atomic E-state index is 6.01. The van der Waals surface area contributed by atoms with E-state index in [0.717, 1.165) is 10.0 Å². The summed E-state index contributed by atoms with van der Waals surface area (Å²) in [6.07, 6.45) is 6.18. The Kier molecular flexibility index (Phi) is 2.15. The van der Waals surface area contributed by atoms with Crippen molar-refractivity contribution in [2.45, 2.75) is 18.9 Å². The Morgan fingerprint density at radius 3 is 2.83 bits per heavy atom. The number of rotatable bonds is 2. The first-order valence-electron chi connectivity index (χ1n) is 4.13. The van der Waals surface area contributed by atoms with Gasteiger partial charge < -0.3 is 5.73 Å². The Balaban J connectivity index is 2.20. The van der Waals surface area contributed by atoms with Crippen LogP contribution in [0.5, 0.6) is 0 Å². The van der Waals surface area contributed by atoms with Crippen molar-refractivity contribution in [2.24, 2.45) is 11.7 Å². The second-order valence-electron chi connectivity index (χ2n) is 3.30. The molecule has 0 spiro atoms. The predicted molar refractivity (Wildman–Crippen MR) is 51.6 cm³/mol. The Morgan fingerprint density at radius 1 is 1.50 bits per heavy atom. The summed E-state index contributed by atoms with van der Waals surface area (Å²) < 4.78 is 1.01. The molecule has 1 aliphatic carbocycles. The summed E-state index contributed by atoms with van der Waals surface area (Å²) in [5, 5.41) is 0. The summed E-state index contributed by atoms with van der Waals surface area (Å²) in [4.78, 5) is 4.09. The highest BCUT2D eigenvalue weighted by Gasteiger charge is 2.29. The molecule has 1 aromatic heterocycles. The van der Waals surface area contributed by atoms with E-state index in [1.54, 1.807) is 6.20 Å². The van der Waals surface area contributed by atoms with Gasteiger partial charge in [-0.2, -0.15) is 0 Å². The number of hydrogen-bond donors (Lipinski definition) is 1. The SMILES string of the molecule is NC(c1cncc(Br)c1)C1CC1. The van der Waals surface area contributed by atoms with Crippen molar-refractivity contribution in [3.8, 4) is 0 Å². The lowest BCUT2D eigenvalue weighted by Crippen LogP contribution is -2.12. The van der Waals surface area contributed by atoms with Crippen LogP contribution in [0.4, 0.5) is 0 Å². The number of aromatic nitrogens is 1. The molecule has 0 radical (unpaired) electrons. The summed E-state index contributed by atoms with van der Waals surface area (Å²) in [7, 11) is 0. The molecule has 1 heterocycles. The highest BCUT2D eigenvalue weighted by atomic mass is 79.9. The van der Waals surface area contributed by atoms with E-state index in [9.17, 15) is 0 Å². The fraction of sp³-hybridized carbons (Fsp3) is 0.444. The van der Waals surface area contributed by atoms with Gasteiger partial charge >= 0.3 is 0 Å². The van der Waals surface area contributed by atoms with Gasteiger partial charge in [0.25, 0.3) is 0 Å². The van der Waals surface area contributed by atoms with Crippen molar-refractivity contribution in [1.29, 1.82) is 0 Å². The largest absolute Gasteiger partial charge is 0.324 e. The monoisotopic (exact) mass is 226 g/mol. The van der Waals surface area contributed by atoms with Crippen LogP contribution in [-0.4, -0.2) is 4.98 Å². The quantitative estimate of drug-likeness (QED) is 0.841. The van der Waals surface area contributed by atoms with Gasteiger partial charge in [0.15, 0.2) is 0 Å². The molecular formula is C9H11BrN2. The molecule has 2 nitrogen and oxygen atoms in total. The maximum absolute atomic E-state index is 6.01. The van der Waals surface area contributed by atoms with Crippen molar-refractivity contribution in [3.63, 3.8) is 0 Å². The predicted octanol–water partition coefficient (Wildman–Crippen LogP) is 2.25. The number of nitrogens with two attached hydrogens (primary N) is 1. The molecular weight excluding hydrogens is 216 g/mol. The van der Waals surface area contributed by atoms with E-state index in [2.05, 4.69) is 27.0 Å². The molecule has 64 valence electrons. The van der Waals surface area contributed by atoms with E-state index in [1.807, 2.05) is 6.20 Å². The van der Waals surface area contributed by atoms with Crippen molar-refractivity contribution >= 4 is 15.9 Å². The molecule has 12 heavy (non-hydrogen) atoms. The fourth-order valence-corrected chi connectivity index (χ4v) is 1.72. The molecule has 0 aromatic carbocycles. The Bertz CT molecular complexity index is 284. The Morgan fingerprint density at radius 2 is 2.25 bits per heavy atom. The summed E-state index contributed by atoms with van der Waals surface area (Å²) in [6, 6.07) is 2.24. The zero-order chi connectivity index (χ0) is 8.55. The van der Waals surface area contributed by atoms with Crippen molar-refractivity contribution < 1.29 is 0 Å². The standard InChI is InChI=1S/C9H11BrN2/c10-8-3-7(4-12-5-8)9(11)6-1-2-6/h3-6,9H,1-2,11H2. The molecule has 1 aromatic rings. The molecule has 0 bridgehead atoms. The van der Waals surface area contributed by atoms with Crippen LogP contribution < -0.4 is 5.73 Å². The highest BCUT2D eigenvalue weighted by Crippen LogP contribution is 2.39. The zero-order valence-corrected chi connectivity index (χ0v) is 8.29. The van der Waals surface area contributed by atoms with Gasteiger partial charge in [-0.15, -0.1) is 0 Å². The lowest BCUT2D eigenvalue weighted by Gasteiger charge is -2.09. The highest BCUT2D eigenvalue weighted by molar-refractivity contribution is 9.10. The molecule has 1 aliphatic rings. The molecule has 1 atom stereocenters. The number of nitrogens with zero attached hydrogens (tertiary/aromatic N) is 1. The van der Waals surface area contributed by atoms with Gasteiger partial charge in [0.05, 0.1) is 0 Å². The van der Waals surface area contributed by atoms with E-state index in [4.69, 9.17) is 5.73 Å². The lowest BCUT2D eigenvalue weighted by molar-refractivity contribution is 0.630. The smallest absolute Gasteiger partial charge is 0.0410 e. The van der Waals surface area contributed by atoms with Crippen LogP contribution in [0.25, 0.3) is 0 Å². The van der Waals surface area contributed by atoms with E-state index in [1.165, 1.54) is 12.8 Å². The first-order valence-corrected chi connectivity index (χ1v) is 4.92. The molecule has 2 N–H and O–H groups in total. The summed E-state index contributed by atoms with van der Waals surface area (Å²) in [5.74, 6) is 0.695. The van der Waals surface area contributed by atoms with E-state index < -0.39 is 0 Å². The van der Waals surface area contributed by atoms with Crippen LogP contribution >= 0.6 is 15.9 Å². The third kappa shape index (κ3) is 1.67. The van der Waals surface area contributed by atoms with Gasteiger partial charge in [0, 0.05) is 22.9 Å². The summed E-state index contributed by atoms with van der Waals surface area (Å²) in [6.45, 7) is 0. The summed E-state index contributed by atoms with van der Waals surface area (Å²) in [5.41, 5.74) is 7.15. The van der Waals surface area contributed by atoms with Crippen LogP contribution in [0.1, 0.15) is 24.4 Å². The van der Waals surface area contributed by atoms with E-state index in [0.29, 0.717) is 5.92 Å². The lowest BCUT2D eigenvalue weighted by atomic mass is 10.1. The average molecular weight is 227 g/mol. The normalized spacial score (nSPS) is 19.2. The number of pyridine rings is 1. The van der Waals surface area contributed by atoms with Crippen molar-refractivity contribution in [3.05, 3.63) is 28.5 Å². The topological polar surface area (TPSA) is 38.9 Å². The number of hydrogen-bond acceptors (Lipinski definition) is 2. The first-order chi connectivity index (χ1) is 5.77. The fourth-order valence-electron chi connectivity index (χ4n) is 1.34. The maximum Gasteiger partial charge on any atom is 0.0410 e. The van der Waals surface area contributed by atoms with Crippen molar-refractivity contribution in [1.82, 2.24) is 4.98 Å². The molecule has 0 saturated heterocycles. The molecule has 1 fully saturated rings. The van der Waals surface area contributed by atoms with Crippen LogP contribution in [0, 0.1) is 5.92 Å². The minimum Gasteiger partial charge on any atom is -0.324 e. The van der Waals surface area contributed by atoms with Gasteiger partial charge in [0.2, 0.25) is 0 Å².